The van der Waals surface area contributed by atoms with Crippen LogP contribution in [0.5, 0.6) is 0 Å². The quantitative estimate of drug-likeness (QED) is 0.413. The SMILES string of the molecule is C=C1c2sccc2C=CN1[C@H]1C[C@@H](O)[C@@H](CO)O1.Cc1cc2ccccc2cc1[C@H]1C[C@@H](O)[C@@H](CO)O1. The van der Waals surface area contributed by atoms with E-state index in [0.29, 0.717) is 12.8 Å². The lowest BCUT2D eigenvalue weighted by Gasteiger charge is -2.31. The molecule has 0 bridgehead atoms. The van der Waals surface area contributed by atoms with Gasteiger partial charge in [-0.25, -0.2) is 0 Å². The molecule has 2 saturated heterocycles. The minimum absolute atomic E-state index is 0.128. The van der Waals surface area contributed by atoms with Gasteiger partial charge in [0.1, 0.15) is 18.4 Å². The number of benzene rings is 2. The Hall–Kier alpha value is -2.56. The topological polar surface area (TPSA) is 103 Å². The lowest BCUT2D eigenvalue weighted by molar-refractivity contribution is -0.0505. The van der Waals surface area contributed by atoms with Crippen LogP contribution >= 0.6 is 11.3 Å². The minimum atomic E-state index is -0.620. The Morgan fingerprint density at radius 3 is 2.32 bits per heavy atom. The van der Waals surface area contributed by atoms with E-state index in [1.54, 1.807) is 11.3 Å². The summed E-state index contributed by atoms with van der Waals surface area (Å²) in [5, 5.41) is 42.3. The van der Waals surface area contributed by atoms with E-state index in [1.165, 1.54) is 16.3 Å². The molecule has 196 valence electrons. The third kappa shape index (κ3) is 5.24. The molecule has 3 aliphatic rings. The van der Waals surface area contributed by atoms with Gasteiger partial charge in [-0.3, -0.25) is 0 Å². The number of nitrogens with zero attached hydrogens (tertiary/aromatic N) is 1. The Morgan fingerprint density at radius 1 is 0.973 bits per heavy atom. The number of fused-ring (bicyclic) bond motifs is 2. The molecule has 8 heteroatoms. The van der Waals surface area contributed by atoms with Gasteiger partial charge >= 0.3 is 0 Å². The fourth-order valence-electron chi connectivity index (χ4n) is 5.18. The maximum atomic E-state index is 9.84. The number of rotatable bonds is 4. The molecule has 3 aromatic rings. The molecule has 7 nitrogen and oxygen atoms in total. The first-order valence-corrected chi connectivity index (χ1v) is 13.4. The number of hydrogen-bond acceptors (Lipinski definition) is 8. The second-order valence-electron chi connectivity index (χ2n) is 9.69. The summed E-state index contributed by atoms with van der Waals surface area (Å²) in [6, 6.07) is 14.5. The average molecular weight is 524 g/mol. The second kappa shape index (κ2) is 11.0. The molecular formula is C29H33NO6S. The fourth-order valence-corrected chi connectivity index (χ4v) is 6.05. The van der Waals surface area contributed by atoms with Crippen LogP contribution in [0.25, 0.3) is 22.5 Å². The third-order valence-corrected chi connectivity index (χ3v) is 8.24. The third-order valence-electron chi connectivity index (χ3n) is 7.26. The van der Waals surface area contributed by atoms with Crippen molar-refractivity contribution in [3.05, 3.63) is 82.2 Å². The Labute approximate surface area is 220 Å². The molecule has 0 spiro atoms. The van der Waals surface area contributed by atoms with E-state index in [4.69, 9.17) is 19.7 Å². The summed E-state index contributed by atoms with van der Waals surface area (Å²) < 4.78 is 11.4. The second-order valence-corrected chi connectivity index (χ2v) is 10.6. The lowest BCUT2D eigenvalue weighted by Crippen LogP contribution is -2.30. The van der Waals surface area contributed by atoms with E-state index in [0.717, 1.165) is 21.7 Å². The van der Waals surface area contributed by atoms with Crippen LogP contribution in [-0.2, 0) is 9.47 Å². The summed E-state index contributed by atoms with van der Waals surface area (Å²) in [5.74, 6) is 0. The van der Waals surface area contributed by atoms with Crippen molar-refractivity contribution >= 4 is 33.9 Å². The first-order chi connectivity index (χ1) is 17.9. The number of ether oxygens (including phenoxy) is 2. The van der Waals surface area contributed by atoms with Gasteiger partial charge in [0, 0.05) is 19.0 Å². The smallest absolute Gasteiger partial charge is 0.137 e. The standard InChI is InChI=1S/C16H18O3.C13H15NO3S/c1-10-6-11-4-2-3-5-12(11)7-13(10)15-8-14(18)16(9-17)19-15;1-8-13-9(3-5-18-13)2-4-14(8)12-6-10(16)11(7-15)17-12/h2-7,14-18H,8-9H2,1H3;2-5,10-12,15-16H,1,6-7H2/t14-,15-,16-;10-,11-,12-/m11/s1. The summed E-state index contributed by atoms with van der Waals surface area (Å²) in [7, 11) is 0. The van der Waals surface area contributed by atoms with Gasteiger partial charge in [-0.2, -0.15) is 0 Å². The van der Waals surface area contributed by atoms with Gasteiger partial charge in [0.2, 0.25) is 0 Å². The summed E-state index contributed by atoms with van der Waals surface area (Å²) in [5.41, 5.74) is 4.32. The van der Waals surface area contributed by atoms with Gasteiger partial charge in [0.25, 0.3) is 0 Å². The summed E-state index contributed by atoms with van der Waals surface area (Å²) in [6.45, 7) is 5.85. The number of thiophene rings is 1. The van der Waals surface area contributed by atoms with E-state index in [1.807, 2.05) is 34.7 Å². The zero-order chi connectivity index (χ0) is 26.1. The van der Waals surface area contributed by atoms with Crippen molar-refractivity contribution in [3.8, 4) is 0 Å². The fraction of sp³-hybridized carbons (Fsp3) is 0.379. The van der Waals surface area contributed by atoms with Crippen LogP contribution in [0, 0.1) is 6.92 Å². The molecule has 4 N–H and O–H groups in total. The zero-order valence-corrected chi connectivity index (χ0v) is 21.6. The van der Waals surface area contributed by atoms with Crippen LogP contribution in [0.2, 0.25) is 0 Å². The molecule has 2 fully saturated rings. The zero-order valence-electron chi connectivity index (χ0n) is 20.7. The maximum absolute atomic E-state index is 9.84. The molecule has 1 aromatic heterocycles. The Bertz CT molecular complexity index is 1290. The van der Waals surface area contributed by atoms with E-state index in [2.05, 4.69) is 43.8 Å². The van der Waals surface area contributed by atoms with E-state index in [-0.39, 0.29) is 25.5 Å². The van der Waals surface area contributed by atoms with Crippen molar-refractivity contribution in [2.75, 3.05) is 13.2 Å². The largest absolute Gasteiger partial charge is 0.394 e. The van der Waals surface area contributed by atoms with Gasteiger partial charge in [-0.05, 0) is 58.0 Å². The first kappa shape index (κ1) is 26.1. The highest BCUT2D eigenvalue weighted by atomic mass is 32.1. The van der Waals surface area contributed by atoms with Crippen LogP contribution in [0.4, 0.5) is 0 Å². The molecule has 4 heterocycles. The average Bonchev–Trinajstić information content (AvgIpc) is 3.62. The predicted octanol–water partition coefficient (Wildman–Crippen LogP) is 3.80. The summed E-state index contributed by atoms with van der Waals surface area (Å²) >= 11 is 1.64. The van der Waals surface area contributed by atoms with Crippen LogP contribution < -0.4 is 0 Å². The predicted molar refractivity (Wildman–Crippen MR) is 145 cm³/mol. The molecule has 2 aromatic carbocycles. The molecule has 0 radical (unpaired) electrons. The summed E-state index contributed by atoms with van der Waals surface area (Å²) in [4.78, 5) is 3.06. The van der Waals surface area contributed by atoms with Crippen molar-refractivity contribution in [2.24, 2.45) is 0 Å². The normalized spacial score (nSPS) is 28.9. The van der Waals surface area contributed by atoms with E-state index < -0.39 is 24.4 Å². The van der Waals surface area contributed by atoms with Gasteiger partial charge in [0.05, 0.1) is 42.1 Å². The van der Waals surface area contributed by atoms with Crippen LogP contribution in [0.3, 0.4) is 0 Å². The molecule has 0 unspecified atom stereocenters. The van der Waals surface area contributed by atoms with Crippen LogP contribution in [-0.4, -0.2) is 69.2 Å². The number of aliphatic hydroxyl groups excluding tert-OH is 4. The molecule has 0 aliphatic carbocycles. The van der Waals surface area contributed by atoms with Crippen LogP contribution in [0.1, 0.15) is 40.5 Å². The number of aryl methyl sites for hydroxylation is 1. The Morgan fingerprint density at radius 2 is 1.65 bits per heavy atom. The van der Waals surface area contributed by atoms with Crippen molar-refractivity contribution < 1.29 is 29.9 Å². The highest BCUT2D eigenvalue weighted by molar-refractivity contribution is 7.11. The maximum Gasteiger partial charge on any atom is 0.137 e. The monoisotopic (exact) mass is 523 g/mol. The highest BCUT2D eigenvalue weighted by Crippen LogP contribution is 2.37. The van der Waals surface area contributed by atoms with Crippen LogP contribution in [0.15, 0.2) is 60.6 Å². The number of hydrogen-bond donors (Lipinski definition) is 4. The number of aliphatic hydroxyl groups is 4. The molecule has 6 atom stereocenters. The molecule has 37 heavy (non-hydrogen) atoms. The first-order valence-electron chi connectivity index (χ1n) is 12.5. The molecule has 0 amide bonds. The van der Waals surface area contributed by atoms with E-state index in [9.17, 15) is 10.2 Å². The highest BCUT2D eigenvalue weighted by Gasteiger charge is 2.38. The Balaban J connectivity index is 0.000000152. The van der Waals surface area contributed by atoms with Crippen molar-refractivity contribution in [1.82, 2.24) is 4.90 Å². The summed E-state index contributed by atoms with van der Waals surface area (Å²) in [6.07, 6.45) is 2.42. The van der Waals surface area contributed by atoms with Gasteiger partial charge in [0.15, 0.2) is 0 Å². The van der Waals surface area contributed by atoms with Gasteiger partial charge in [-0.1, -0.05) is 36.9 Å². The van der Waals surface area contributed by atoms with Gasteiger partial charge < -0.3 is 34.8 Å². The molecule has 0 saturated carbocycles. The molecule has 6 rings (SSSR count). The molecular weight excluding hydrogens is 490 g/mol. The van der Waals surface area contributed by atoms with E-state index >= 15 is 0 Å². The van der Waals surface area contributed by atoms with Crippen molar-refractivity contribution in [3.63, 3.8) is 0 Å². The van der Waals surface area contributed by atoms with Crippen molar-refractivity contribution in [2.45, 2.75) is 56.5 Å². The van der Waals surface area contributed by atoms with Gasteiger partial charge in [-0.15, -0.1) is 11.3 Å². The lowest BCUT2D eigenvalue weighted by atomic mass is 9.96. The Kier molecular flexibility index (Phi) is 7.78. The minimum Gasteiger partial charge on any atom is -0.394 e. The van der Waals surface area contributed by atoms with Crippen molar-refractivity contribution in [1.29, 1.82) is 0 Å². The molecule has 3 aliphatic heterocycles.